The van der Waals surface area contributed by atoms with Gasteiger partial charge in [0.15, 0.2) is 17.5 Å². The van der Waals surface area contributed by atoms with E-state index in [4.69, 9.17) is 4.74 Å². The van der Waals surface area contributed by atoms with Gasteiger partial charge in [0.1, 0.15) is 5.60 Å². The molecule has 1 aromatic rings. The summed E-state index contributed by atoms with van der Waals surface area (Å²) in [5.41, 5.74) is -0.243. The summed E-state index contributed by atoms with van der Waals surface area (Å²) in [4.78, 5) is 30.0. The maximum atomic E-state index is 13.6. The van der Waals surface area contributed by atoms with Gasteiger partial charge in [-0.3, -0.25) is 0 Å². The predicted molar refractivity (Wildman–Crippen MR) is 123 cm³/mol. The number of nitrogens with zero attached hydrogens (tertiary/aromatic N) is 3. The second-order valence-corrected chi connectivity index (χ2v) is 10.1. The lowest BCUT2D eigenvalue weighted by Crippen LogP contribution is -2.56. The molecule has 0 unspecified atom stereocenters. The van der Waals surface area contributed by atoms with Crippen LogP contribution in [-0.4, -0.2) is 72.8 Å². The monoisotopic (exact) mass is 484 g/mol. The Bertz CT molecular complexity index is 862. The number of hydrogen-bond acceptors (Lipinski definition) is 4. The topological polar surface area (TPSA) is 65.1 Å². The minimum absolute atomic E-state index is 0.171. The van der Waals surface area contributed by atoms with Crippen molar-refractivity contribution < 1.29 is 27.5 Å². The van der Waals surface area contributed by atoms with E-state index in [1.807, 2.05) is 27.7 Å². The Hall–Kier alpha value is -2.65. The Morgan fingerprint density at radius 1 is 1.06 bits per heavy atom. The highest BCUT2D eigenvalue weighted by atomic mass is 19.2. The minimum Gasteiger partial charge on any atom is -0.444 e. The van der Waals surface area contributed by atoms with Crippen molar-refractivity contribution in [2.75, 3.05) is 44.2 Å². The van der Waals surface area contributed by atoms with Crippen LogP contribution in [0.3, 0.4) is 0 Å². The van der Waals surface area contributed by atoms with Gasteiger partial charge in [0, 0.05) is 63.1 Å². The summed E-state index contributed by atoms with van der Waals surface area (Å²) in [5, 5.41) is 2.97. The van der Waals surface area contributed by atoms with E-state index in [1.165, 1.54) is 0 Å². The van der Waals surface area contributed by atoms with E-state index in [0.717, 1.165) is 31.4 Å². The van der Waals surface area contributed by atoms with Crippen LogP contribution in [0.1, 0.15) is 47.0 Å². The molecule has 3 amide bonds. The van der Waals surface area contributed by atoms with Gasteiger partial charge in [-0.1, -0.05) is 0 Å². The molecule has 0 bridgehead atoms. The average molecular weight is 485 g/mol. The molecule has 1 atom stereocenters. The van der Waals surface area contributed by atoms with Gasteiger partial charge in [-0.2, -0.15) is 0 Å². The lowest BCUT2D eigenvalue weighted by molar-refractivity contribution is 0.0181. The smallest absolute Gasteiger partial charge is 0.410 e. The van der Waals surface area contributed by atoms with Gasteiger partial charge in [0.2, 0.25) is 0 Å². The van der Waals surface area contributed by atoms with Gasteiger partial charge in [-0.15, -0.1) is 0 Å². The number of nitrogens with one attached hydrogen (secondary N) is 1. The maximum Gasteiger partial charge on any atom is 0.410 e. The third kappa shape index (κ3) is 6.70. The first-order valence-electron chi connectivity index (χ1n) is 11.9. The van der Waals surface area contributed by atoms with E-state index in [1.54, 1.807) is 14.7 Å². The number of piperazine rings is 1. The fourth-order valence-electron chi connectivity index (χ4n) is 4.43. The largest absolute Gasteiger partial charge is 0.444 e. The molecule has 2 heterocycles. The van der Waals surface area contributed by atoms with Gasteiger partial charge >= 0.3 is 12.1 Å². The molecule has 1 aromatic carbocycles. The molecule has 2 saturated heterocycles. The number of ether oxygens (including phenoxy) is 1. The third-order valence-electron chi connectivity index (χ3n) is 6.32. The Labute approximate surface area is 199 Å². The van der Waals surface area contributed by atoms with Crippen LogP contribution in [0.5, 0.6) is 0 Å². The number of benzene rings is 1. The molecule has 2 fully saturated rings. The van der Waals surface area contributed by atoms with Crippen LogP contribution in [0.25, 0.3) is 0 Å². The molecule has 0 radical (unpaired) electrons. The van der Waals surface area contributed by atoms with E-state index in [-0.39, 0.29) is 23.9 Å². The second kappa shape index (κ2) is 10.7. The zero-order valence-electron chi connectivity index (χ0n) is 20.4. The Kier molecular flexibility index (Phi) is 8.20. The molecule has 2 aliphatic rings. The normalized spacial score (nSPS) is 19.9. The summed E-state index contributed by atoms with van der Waals surface area (Å²) in [5.74, 6) is -3.50. The van der Waals surface area contributed by atoms with Crippen molar-refractivity contribution in [1.82, 2.24) is 15.1 Å². The van der Waals surface area contributed by atoms with E-state index in [2.05, 4.69) is 5.32 Å². The molecule has 190 valence electrons. The number of likely N-dealkylation sites (tertiary alicyclic amines) is 1. The molecular weight excluding hydrogens is 449 g/mol. The average Bonchev–Trinajstić information content (AvgIpc) is 2.76. The summed E-state index contributed by atoms with van der Waals surface area (Å²) in [6, 6.07) is 1.61. The first kappa shape index (κ1) is 26.0. The molecule has 1 N–H and O–H groups in total. The highest BCUT2D eigenvalue weighted by Crippen LogP contribution is 2.24. The molecule has 3 rings (SSSR count). The number of anilines is 1. The Balaban J connectivity index is 1.40. The summed E-state index contributed by atoms with van der Waals surface area (Å²) in [7, 11) is 0. The van der Waals surface area contributed by atoms with E-state index in [0.29, 0.717) is 45.2 Å². The van der Waals surface area contributed by atoms with Gasteiger partial charge < -0.3 is 24.8 Å². The first-order chi connectivity index (χ1) is 15.9. The van der Waals surface area contributed by atoms with Crippen LogP contribution in [0.4, 0.5) is 28.4 Å². The molecular formula is C24H35F3N4O3. The first-order valence-corrected chi connectivity index (χ1v) is 11.9. The predicted octanol–water partition coefficient (Wildman–Crippen LogP) is 4.36. The van der Waals surface area contributed by atoms with Crippen LogP contribution >= 0.6 is 0 Å². The molecule has 34 heavy (non-hydrogen) atoms. The fraction of sp³-hybridized carbons (Fsp3) is 0.667. The van der Waals surface area contributed by atoms with Crippen molar-refractivity contribution in [3.63, 3.8) is 0 Å². The van der Waals surface area contributed by atoms with Crippen molar-refractivity contribution >= 4 is 17.8 Å². The standard InChI is InChI=1S/C24H35F3N4O3/c1-16-15-30(18-13-19(25)21(27)20(26)14-18)11-12-31(16)22(32)28-8-5-17-6-9-29(10-7-17)23(33)34-24(2,3)4/h13-14,16-17H,5-12,15H2,1-4H3,(H,28,32)/t16-/m1/s1. The minimum atomic E-state index is -1.48. The summed E-state index contributed by atoms with van der Waals surface area (Å²) in [6.45, 7) is 10.4. The van der Waals surface area contributed by atoms with Crippen molar-refractivity contribution in [3.8, 4) is 0 Å². The van der Waals surface area contributed by atoms with Crippen LogP contribution in [-0.2, 0) is 4.74 Å². The third-order valence-corrected chi connectivity index (χ3v) is 6.32. The molecule has 0 aliphatic carbocycles. The number of urea groups is 1. The number of amides is 3. The highest BCUT2D eigenvalue weighted by Gasteiger charge is 2.29. The van der Waals surface area contributed by atoms with Crippen molar-refractivity contribution in [2.24, 2.45) is 5.92 Å². The van der Waals surface area contributed by atoms with E-state index < -0.39 is 23.1 Å². The van der Waals surface area contributed by atoms with Crippen molar-refractivity contribution in [1.29, 1.82) is 0 Å². The summed E-state index contributed by atoms with van der Waals surface area (Å²) < 4.78 is 45.8. The lowest BCUT2D eigenvalue weighted by atomic mass is 9.94. The van der Waals surface area contributed by atoms with Crippen LogP contribution < -0.4 is 10.2 Å². The SMILES string of the molecule is C[C@@H]1CN(c2cc(F)c(F)c(F)c2)CCN1C(=O)NCCC1CCN(C(=O)OC(C)(C)C)CC1. The molecule has 0 saturated carbocycles. The highest BCUT2D eigenvalue weighted by molar-refractivity contribution is 5.75. The summed E-state index contributed by atoms with van der Waals surface area (Å²) >= 11 is 0. The lowest BCUT2D eigenvalue weighted by Gasteiger charge is -2.41. The second-order valence-electron chi connectivity index (χ2n) is 10.1. The van der Waals surface area contributed by atoms with Crippen LogP contribution in [0.2, 0.25) is 0 Å². The van der Waals surface area contributed by atoms with Gasteiger partial charge in [-0.25, -0.2) is 22.8 Å². The number of carbonyl (C=O) groups is 2. The Morgan fingerprint density at radius 3 is 2.24 bits per heavy atom. The molecule has 10 heteroatoms. The van der Waals surface area contributed by atoms with Crippen molar-refractivity contribution in [3.05, 3.63) is 29.6 Å². The van der Waals surface area contributed by atoms with Crippen molar-refractivity contribution in [2.45, 2.75) is 58.6 Å². The van der Waals surface area contributed by atoms with Gasteiger partial charge in [0.05, 0.1) is 0 Å². The zero-order chi connectivity index (χ0) is 25.0. The number of halogens is 3. The van der Waals surface area contributed by atoms with Gasteiger partial charge in [0.25, 0.3) is 0 Å². The maximum absolute atomic E-state index is 13.6. The van der Waals surface area contributed by atoms with Crippen LogP contribution in [0.15, 0.2) is 12.1 Å². The number of hydrogen-bond donors (Lipinski definition) is 1. The summed E-state index contributed by atoms with van der Waals surface area (Å²) in [6.07, 6.45) is 2.29. The molecule has 2 aliphatic heterocycles. The molecule has 0 spiro atoms. The zero-order valence-corrected chi connectivity index (χ0v) is 20.4. The quantitative estimate of drug-likeness (QED) is 0.645. The Morgan fingerprint density at radius 2 is 1.68 bits per heavy atom. The molecule has 7 nitrogen and oxygen atoms in total. The molecule has 0 aromatic heterocycles. The number of piperidine rings is 1. The van der Waals surface area contributed by atoms with Gasteiger partial charge in [-0.05, 0) is 52.9 Å². The van der Waals surface area contributed by atoms with E-state index >= 15 is 0 Å². The van der Waals surface area contributed by atoms with E-state index in [9.17, 15) is 22.8 Å². The van der Waals surface area contributed by atoms with Crippen LogP contribution in [0, 0.1) is 23.4 Å². The number of carbonyl (C=O) groups excluding carboxylic acids is 2. The fourth-order valence-corrected chi connectivity index (χ4v) is 4.43. The number of rotatable bonds is 4.